The summed E-state index contributed by atoms with van der Waals surface area (Å²) in [4.78, 5) is 30.0. The lowest BCUT2D eigenvalue weighted by molar-refractivity contribution is -0.136. The molecule has 0 aromatic heterocycles. The fourth-order valence-corrected chi connectivity index (χ4v) is 4.57. The monoisotopic (exact) mass is 464 g/mol. The fraction of sp³-hybridized carbons (Fsp3) is 0.385. The van der Waals surface area contributed by atoms with E-state index < -0.39 is 12.0 Å². The van der Waals surface area contributed by atoms with Crippen molar-refractivity contribution in [2.75, 3.05) is 51.8 Å². The molecule has 180 valence electrons. The average molecular weight is 465 g/mol. The highest BCUT2D eigenvalue weighted by Gasteiger charge is 2.34. The van der Waals surface area contributed by atoms with Crippen LogP contribution in [0.4, 0.5) is 10.5 Å². The molecule has 2 amide bonds. The summed E-state index contributed by atoms with van der Waals surface area (Å²) in [6, 6.07) is 12.9. The van der Waals surface area contributed by atoms with Crippen LogP contribution in [0.15, 0.2) is 53.7 Å². The van der Waals surface area contributed by atoms with Crippen molar-refractivity contribution in [3.8, 4) is 5.75 Å². The van der Waals surface area contributed by atoms with Gasteiger partial charge in [0.05, 0.1) is 25.8 Å². The SMILES string of the molecule is COC(=O)C1=C(CN2CCN(c3cc(C)ccc3C)CC2)NC(=O)N[C@H]1c1ccc(OC)cc1. The fourth-order valence-electron chi connectivity index (χ4n) is 4.57. The van der Waals surface area contributed by atoms with E-state index in [-0.39, 0.29) is 6.03 Å². The summed E-state index contributed by atoms with van der Waals surface area (Å²) < 4.78 is 10.3. The highest BCUT2D eigenvalue weighted by Crippen LogP contribution is 2.30. The predicted molar refractivity (Wildman–Crippen MR) is 131 cm³/mol. The Morgan fingerprint density at radius 1 is 1.03 bits per heavy atom. The maximum absolute atomic E-state index is 12.8. The van der Waals surface area contributed by atoms with E-state index in [2.05, 4.69) is 52.5 Å². The first kappa shape index (κ1) is 23.6. The lowest BCUT2D eigenvalue weighted by atomic mass is 9.95. The molecular weight excluding hydrogens is 432 g/mol. The van der Waals surface area contributed by atoms with Gasteiger partial charge in [-0.2, -0.15) is 0 Å². The number of esters is 1. The van der Waals surface area contributed by atoms with E-state index in [0.29, 0.717) is 23.6 Å². The van der Waals surface area contributed by atoms with Gasteiger partial charge >= 0.3 is 12.0 Å². The zero-order chi connectivity index (χ0) is 24.2. The van der Waals surface area contributed by atoms with Crippen LogP contribution in [0.3, 0.4) is 0 Å². The molecule has 0 spiro atoms. The number of carbonyl (C=O) groups excluding carboxylic acids is 2. The van der Waals surface area contributed by atoms with Crippen molar-refractivity contribution in [2.45, 2.75) is 19.9 Å². The van der Waals surface area contributed by atoms with E-state index in [1.807, 2.05) is 24.3 Å². The molecule has 1 fully saturated rings. The Labute approximate surface area is 200 Å². The van der Waals surface area contributed by atoms with Gasteiger partial charge in [0.2, 0.25) is 0 Å². The quantitative estimate of drug-likeness (QED) is 0.640. The van der Waals surface area contributed by atoms with E-state index >= 15 is 0 Å². The Kier molecular flexibility index (Phi) is 7.07. The third kappa shape index (κ3) is 5.02. The van der Waals surface area contributed by atoms with Crippen LogP contribution in [0.2, 0.25) is 0 Å². The number of piperazine rings is 1. The lowest BCUT2D eigenvalue weighted by Crippen LogP contribution is -2.51. The standard InChI is InChI=1S/C26H32N4O4/c1-17-5-6-18(2)22(15-17)30-13-11-29(12-14-30)16-21-23(25(31)34-4)24(28-26(32)27-21)19-7-9-20(33-3)10-8-19/h5-10,15,24H,11-14,16H2,1-4H3,(H2,27,28,32)/t24-/m0/s1. The van der Waals surface area contributed by atoms with E-state index in [9.17, 15) is 9.59 Å². The van der Waals surface area contributed by atoms with Crippen molar-refractivity contribution >= 4 is 17.7 Å². The molecule has 0 aliphatic carbocycles. The number of amides is 2. The Bertz CT molecular complexity index is 1090. The summed E-state index contributed by atoms with van der Waals surface area (Å²) in [5.41, 5.74) is 5.57. The molecule has 34 heavy (non-hydrogen) atoms. The summed E-state index contributed by atoms with van der Waals surface area (Å²) in [6.07, 6.45) is 0. The molecule has 1 atom stereocenters. The molecule has 0 radical (unpaired) electrons. The first-order valence-electron chi connectivity index (χ1n) is 11.5. The summed E-state index contributed by atoms with van der Waals surface area (Å²) in [7, 11) is 2.95. The number of anilines is 1. The highest BCUT2D eigenvalue weighted by atomic mass is 16.5. The van der Waals surface area contributed by atoms with Gasteiger partial charge in [-0.05, 0) is 48.7 Å². The van der Waals surface area contributed by atoms with Crippen LogP contribution in [-0.4, -0.2) is 63.8 Å². The maximum Gasteiger partial charge on any atom is 0.338 e. The number of carbonyl (C=O) groups is 2. The third-order valence-corrected chi connectivity index (χ3v) is 6.47. The number of methoxy groups -OCH3 is 2. The molecule has 4 rings (SSSR count). The smallest absolute Gasteiger partial charge is 0.338 e. The number of rotatable bonds is 6. The number of aryl methyl sites for hydroxylation is 2. The van der Waals surface area contributed by atoms with E-state index in [1.54, 1.807) is 7.11 Å². The van der Waals surface area contributed by atoms with Gasteiger partial charge in [-0.15, -0.1) is 0 Å². The average Bonchev–Trinajstić information content (AvgIpc) is 2.85. The number of hydrogen-bond donors (Lipinski definition) is 2. The zero-order valence-electron chi connectivity index (χ0n) is 20.2. The minimum Gasteiger partial charge on any atom is -0.497 e. The number of urea groups is 1. The van der Waals surface area contributed by atoms with Gasteiger partial charge < -0.3 is 25.0 Å². The second-order valence-electron chi connectivity index (χ2n) is 8.74. The second-order valence-corrected chi connectivity index (χ2v) is 8.74. The third-order valence-electron chi connectivity index (χ3n) is 6.47. The van der Waals surface area contributed by atoms with Crippen molar-refractivity contribution in [1.82, 2.24) is 15.5 Å². The maximum atomic E-state index is 12.8. The Hall–Kier alpha value is -3.52. The molecule has 0 unspecified atom stereocenters. The van der Waals surface area contributed by atoms with Gasteiger partial charge in [0.1, 0.15) is 5.75 Å². The summed E-state index contributed by atoms with van der Waals surface area (Å²) in [6.45, 7) is 8.10. The van der Waals surface area contributed by atoms with Gasteiger partial charge in [0.25, 0.3) is 0 Å². The lowest BCUT2D eigenvalue weighted by Gasteiger charge is -2.38. The number of hydrogen-bond acceptors (Lipinski definition) is 6. The molecule has 0 bridgehead atoms. The molecule has 2 aromatic carbocycles. The van der Waals surface area contributed by atoms with Crippen LogP contribution in [0.25, 0.3) is 0 Å². The minimum atomic E-state index is -0.599. The van der Waals surface area contributed by atoms with E-state index in [0.717, 1.165) is 31.7 Å². The molecule has 2 aliphatic heterocycles. The normalized spacial score (nSPS) is 18.9. The zero-order valence-corrected chi connectivity index (χ0v) is 20.2. The highest BCUT2D eigenvalue weighted by molar-refractivity contribution is 5.95. The minimum absolute atomic E-state index is 0.336. The Balaban J connectivity index is 1.54. The molecule has 2 aliphatic rings. The first-order chi connectivity index (χ1) is 16.4. The van der Waals surface area contributed by atoms with Gasteiger partial charge in [-0.3, -0.25) is 4.90 Å². The number of benzene rings is 2. The van der Waals surface area contributed by atoms with Crippen LogP contribution in [0.1, 0.15) is 22.7 Å². The Morgan fingerprint density at radius 3 is 2.38 bits per heavy atom. The van der Waals surface area contributed by atoms with Gasteiger partial charge in [0, 0.05) is 44.1 Å². The van der Waals surface area contributed by atoms with Crippen LogP contribution >= 0.6 is 0 Å². The van der Waals surface area contributed by atoms with Gasteiger partial charge in [-0.25, -0.2) is 9.59 Å². The summed E-state index contributed by atoms with van der Waals surface area (Å²) in [5.74, 6) is 0.242. The predicted octanol–water partition coefficient (Wildman–Crippen LogP) is 2.92. The summed E-state index contributed by atoms with van der Waals surface area (Å²) in [5, 5.41) is 5.73. The largest absolute Gasteiger partial charge is 0.497 e. The molecule has 8 heteroatoms. The van der Waals surface area contributed by atoms with Crippen molar-refractivity contribution < 1.29 is 19.1 Å². The second kappa shape index (κ2) is 10.2. The van der Waals surface area contributed by atoms with Crippen LogP contribution in [0.5, 0.6) is 5.75 Å². The molecule has 2 aromatic rings. The number of nitrogens with zero attached hydrogens (tertiary/aromatic N) is 2. The molecule has 8 nitrogen and oxygen atoms in total. The van der Waals surface area contributed by atoms with Crippen LogP contribution in [-0.2, 0) is 9.53 Å². The summed E-state index contributed by atoms with van der Waals surface area (Å²) >= 11 is 0. The number of ether oxygens (including phenoxy) is 2. The van der Waals surface area contributed by atoms with Crippen molar-refractivity contribution in [3.63, 3.8) is 0 Å². The van der Waals surface area contributed by atoms with E-state index in [1.165, 1.54) is 23.9 Å². The van der Waals surface area contributed by atoms with Crippen LogP contribution in [0, 0.1) is 13.8 Å². The molecule has 2 N–H and O–H groups in total. The number of nitrogens with one attached hydrogen (secondary N) is 2. The Morgan fingerprint density at radius 2 is 1.74 bits per heavy atom. The molecule has 1 saturated heterocycles. The topological polar surface area (TPSA) is 83.1 Å². The van der Waals surface area contributed by atoms with Gasteiger partial charge in [-0.1, -0.05) is 24.3 Å². The molecule has 0 saturated carbocycles. The van der Waals surface area contributed by atoms with Gasteiger partial charge in [0.15, 0.2) is 0 Å². The van der Waals surface area contributed by atoms with Crippen molar-refractivity contribution in [1.29, 1.82) is 0 Å². The molecular formula is C26H32N4O4. The van der Waals surface area contributed by atoms with Crippen molar-refractivity contribution in [2.24, 2.45) is 0 Å². The van der Waals surface area contributed by atoms with Crippen molar-refractivity contribution in [3.05, 3.63) is 70.4 Å². The van der Waals surface area contributed by atoms with Crippen LogP contribution < -0.4 is 20.3 Å². The molecule has 2 heterocycles. The first-order valence-corrected chi connectivity index (χ1v) is 11.5. The van der Waals surface area contributed by atoms with E-state index in [4.69, 9.17) is 9.47 Å².